The van der Waals surface area contributed by atoms with Gasteiger partial charge in [0.15, 0.2) is 0 Å². The van der Waals surface area contributed by atoms with E-state index >= 15 is 0 Å². The van der Waals surface area contributed by atoms with Crippen LogP contribution in [0.25, 0.3) is 0 Å². The number of rotatable bonds is 2. The topological polar surface area (TPSA) is 35.2 Å². The van der Waals surface area contributed by atoms with Crippen molar-refractivity contribution in [1.82, 2.24) is 0 Å². The summed E-state index contributed by atoms with van der Waals surface area (Å²) in [6.45, 7) is 8.74. The van der Waals surface area contributed by atoms with E-state index in [2.05, 4.69) is 52.0 Å². The molecule has 3 rings (SSSR count). The predicted octanol–water partition coefficient (Wildman–Crippen LogP) is 3.62. The quantitative estimate of drug-likeness (QED) is 0.904. The van der Waals surface area contributed by atoms with Gasteiger partial charge in [-0.05, 0) is 52.2 Å². The monoisotopic (exact) mass is 291 g/mol. The van der Waals surface area contributed by atoms with Gasteiger partial charge < -0.3 is 10.5 Å². The predicted molar refractivity (Wildman–Crippen MR) is 85.1 cm³/mol. The standard InChI is InChI=1S/C17H25NOS/c1-16(2)10-12(17(3,4)19-16)15(18)14-9-11-7-5-6-8-13(11)20-14/h5-8,12,14-15H,9-10,18H2,1-4H3. The number of thioether (sulfide) groups is 1. The van der Waals surface area contributed by atoms with Gasteiger partial charge >= 0.3 is 0 Å². The van der Waals surface area contributed by atoms with Crippen molar-refractivity contribution in [2.45, 2.75) is 67.9 Å². The summed E-state index contributed by atoms with van der Waals surface area (Å²) in [7, 11) is 0. The van der Waals surface area contributed by atoms with Gasteiger partial charge in [0, 0.05) is 22.1 Å². The lowest BCUT2D eigenvalue weighted by Crippen LogP contribution is -2.46. The van der Waals surface area contributed by atoms with E-state index in [1.165, 1.54) is 10.5 Å². The van der Waals surface area contributed by atoms with Crippen LogP contribution in [0.1, 0.15) is 39.7 Å². The lowest BCUT2D eigenvalue weighted by Gasteiger charge is -2.33. The van der Waals surface area contributed by atoms with Crippen LogP contribution >= 0.6 is 11.8 Å². The SMILES string of the molecule is CC1(C)CC(C(N)C2Cc3ccccc3S2)C(C)(C)O1. The smallest absolute Gasteiger partial charge is 0.0678 e. The second kappa shape index (κ2) is 4.75. The Hall–Kier alpha value is -0.510. The van der Waals surface area contributed by atoms with Crippen LogP contribution in [0.3, 0.4) is 0 Å². The van der Waals surface area contributed by atoms with E-state index in [1.54, 1.807) is 0 Å². The molecule has 1 aromatic carbocycles. The zero-order chi connectivity index (χ0) is 14.5. The van der Waals surface area contributed by atoms with E-state index in [0.29, 0.717) is 11.2 Å². The molecular formula is C17H25NOS. The second-order valence-corrected chi connectivity index (χ2v) is 8.60. The molecule has 2 heterocycles. The normalized spacial score (nSPS) is 32.0. The summed E-state index contributed by atoms with van der Waals surface area (Å²) in [5.74, 6) is 0.421. The number of nitrogens with two attached hydrogens (primary N) is 1. The molecule has 2 aliphatic heterocycles. The van der Waals surface area contributed by atoms with E-state index in [1.807, 2.05) is 11.8 Å². The summed E-state index contributed by atoms with van der Waals surface area (Å²) in [6, 6.07) is 8.87. The van der Waals surface area contributed by atoms with Crippen LogP contribution in [0.2, 0.25) is 0 Å². The Morgan fingerprint density at radius 2 is 1.95 bits per heavy atom. The molecule has 0 saturated carbocycles. The van der Waals surface area contributed by atoms with Gasteiger partial charge in [0.1, 0.15) is 0 Å². The summed E-state index contributed by atoms with van der Waals surface area (Å²) in [6.07, 6.45) is 2.14. The zero-order valence-corrected chi connectivity index (χ0v) is 13.7. The number of fused-ring (bicyclic) bond motifs is 1. The maximum atomic E-state index is 6.66. The molecule has 1 fully saturated rings. The number of hydrogen-bond donors (Lipinski definition) is 1. The average Bonchev–Trinajstić information content (AvgIpc) is 2.85. The summed E-state index contributed by atoms with van der Waals surface area (Å²) in [4.78, 5) is 1.41. The molecule has 110 valence electrons. The number of ether oxygens (including phenoxy) is 1. The van der Waals surface area contributed by atoms with Crippen molar-refractivity contribution in [1.29, 1.82) is 0 Å². The molecule has 0 bridgehead atoms. The first-order valence-corrected chi connectivity index (χ1v) is 8.37. The molecule has 0 radical (unpaired) electrons. The lowest BCUT2D eigenvalue weighted by molar-refractivity contribution is -0.0765. The first-order chi connectivity index (χ1) is 9.28. The van der Waals surface area contributed by atoms with E-state index in [9.17, 15) is 0 Å². The Morgan fingerprint density at radius 3 is 2.55 bits per heavy atom. The minimum Gasteiger partial charge on any atom is -0.369 e. The maximum absolute atomic E-state index is 6.66. The average molecular weight is 291 g/mol. The molecule has 3 heteroatoms. The van der Waals surface area contributed by atoms with Crippen LogP contribution in [0.15, 0.2) is 29.2 Å². The van der Waals surface area contributed by atoms with Crippen LogP contribution in [0.5, 0.6) is 0 Å². The van der Waals surface area contributed by atoms with Crippen LogP contribution in [0.4, 0.5) is 0 Å². The van der Waals surface area contributed by atoms with E-state index in [0.717, 1.165) is 12.8 Å². The molecule has 1 aromatic rings. The van der Waals surface area contributed by atoms with Gasteiger partial charge in [0.25, 0.3) is 0 Å². The largest absolute Gasteiger partial charge is 0.369 e. The highest BCUT2D eigenvalue weighted by Crippen LogP contribution is 2.47. The Bertz CT molecular complexity index is 486. The second-order valence-electron chi connectivity index (χ2n) is 7.32. The molecule has 0 amide bonds. The van der Waals surface area contributed by atoms with Gasteiger partial charge in [-0.25, -0.2) is 0 Å². The molecule has 0 spiro atoms. The fraction of sp³-hybridized carbons (Fsp3) is 0.647. The van der Waals surface area contributed by atoms with Crippen molar-refractivity contribution in [3.8, 4) is 0 Å². The highest BCUT2D eigenvalue weighted by Gasteiger charge is 2.50. The molecular weight excluding hydrogens is 266 g/mol. The molecule has 3 atom stereocenters. The minimum absolute atomic E-state index is 0.0537. The van der Waals surface area contributed by atoms with Gasteiger partial charge in [-0.15, -0.1) is 11.8 Å². The molecule has 0 aliphatic carbocycles. The summed E-state index contributed by atoms with van der Waals surface area (Å²) >= 11 is 1.95. The third-order valence-corrected chi connectivity index (χ3v) is 6.15. The van der Waals surface area contributed by atoms with Crippen molar-refractivity contribution in [2.24, 2.45) is 11.7 Å². The van der Waals surface area contributed by atoms with Gasteiger partial charge in [-0.2, -0.15) is 0 Å². The van der Waals surface area contributed by atoms with Gasteiger partial charge in [-0.1, -0.05) is 18.2 Å². The first-order valence-electron chi connectivity index (χ1n) is 7.49. The van der Waals surface area contributed by atoms with Gasteiger partial charge in [0.05, 0.1) is 11.2 Å². The van der Waals surface area contributed by atoms with Gasteiger partial charge in [0.2, 0.25) is 0 Å². The van der Waals surface area contributed by atoms with Crippen molar-refractivity contribution >= 4 is 11.8 Å². The summed E-state index contributed by atoms with van der Waals surface area (Å²) in [5.41, 5.74) is 7.93. The third-order valence-electron chi connectivity index (χ3n) is 4.71. The molecule has 1 saturated heterocycles. The van der Waals surface area contributed by atoms with Crippen molar-refractivity contribution in [3.05, 3.63) is 29.8 Å². The Kier molecular flexibility index (Phi) is 3.43. The maximum Gasteiger partial charge on any atom is 0.0678 e. The van der Waals surface area contributed by atoms with Crippen LogP contribution in [-0.2, 0) is 11.2 Å². The molecule has 2 N–H and O–H groups in total. The third kappa shape index (κ3) is 2.51. The van der Waals surface area contributed by atoms with E-state index in [-0.39, 0.29) is 17.2 Å². The molecule has 3 unspecified atom stereocenters. The highest BCUT2D eigenvalue weighted by molar-refractivity contribution is 8.00. The van der Waals surface area contributed by atoms with Crippen molar-refractivity contribution in [3.63, 3.8) is 0 Å². The Morgan fingerprint density at radius 1 is 1.25 bits per heavy atom. The Labute approximate surface area is 126 Å². The van der Waals surface area contributed by atoms with Crippen LogP contribution in [-0.4, -0.2) is 22.5 Å². The minimum atomic E-state index is -0.127. The zero-order valence-electron chi connectivity index (χ0n) is 12.8. The van der Waals surface area contributed by atoms with E-state index in [4.69, 9.17) is 10.5 Å². The van der Waals surface area contributed by atoms with Crippen molar-refractivity contribution in [2.75, 3.05) is 0 Å². The summed E-state index contributed by atoms with van der Waals surface area (Å²) < 4.78 is 6.22. The molecule has 2 nitrogen and oxygen atoms in total. The molecule has 0 aromatic heterocycles. The fourth-order valence-electron chi connectivity index (χ4n) is 3.89. The molecule has 20 heavy (non-hydrogen) atoms. The lowest BCUT2D eigenvalue weighted by atomic mass is 9.80. The summed E-state index contributed by atoms with van der Waals surface area (Å²) in [5, 5.41) is 0.481. The number of benzene rings is 1. The Balaban J connectivity index is 1.77. The fourth-order valence-corrected chi connectivity index (χ4v) is 5.28. The van der Waals surface area contributed by atoms with E-state index < -0.39 is 0 Å². The first kappa shape index (κ1) is 14.4. The van der Waals surface area contributed by atoms with Crippen LogP contribution < -0.4 is 5.73 Å². The number of hydrogen-bond acceptors (Lipinski definition) is 3. The highest BCUT2D eigenvalue weighted by atomic mass is 32.2. The van der Waals surface area contributed by atoms with Crippen LogP contribution in [0, 0.1) is 5.92 Å². The van der Waals surface area contributed by atoms with Gasteiger partial charge in [-0.3, -0.25) is 0 Å². The van der Waals surface area contributed by atoms with Crippen molar-refractivity contribution < 1.29 is 4.74 Å². The molecule has 2 aliphatic rings.